The van der Waals surface area contributed by atoms with Gasteiger partial charge in [-0.3, -0.25) is 9.55 Å². The van der Waals surface area contributed by atoms with Crippen LogP contribution in [0.1, 0.15) is 50.4 Å². The summed E-state index contributed by atoms with van der Waals surface area (Å²) in [5.41, 5.74) is 2.47. The number of hydrogen-bond donors (Lipinski definition) is 1. The van der Waals surface area contributed by atoms with E-state index in [4.69, 9.17) is 4.98 Å². The van der Waals surface area contributed by atoms with E-state index in [1.165, 1.54) is 7.11 Å². The van der Waals surface area contributed by atoms with Crippen molar-refractivity contribution < 1.29 is 9.53 Å². The highest BCUT2D eigenvalue weighted by Crippen LogP contribution is 2.40. The number of fused-ring (bicyclic) bond motifs is 3. The average molecular weight is 422 g/mol. The molecule has 0 aromatic carbocycles. The molecule has 31 heavy (non-hydrogen) atoms. The predicted molar refractivity (Wildman–Crippen MR) is 115 cm³/mol. The van der Waals surface area contributed by atoms with E-state index >= 15 is 0 Å². The van der Waals surface area contributed by atoms with E-state index in [0.717, 1.165) is 40.7 Å². The van der Waals surface area contributed by atoms with E-state index in [-0.39, 0.29) is 18.6 Å². The first-order valence-electron chi connectivity index (χ1n) is 10.3. The maximum atomic E-state index is 11.5. The molecule has 1 unspecified atom stereocenters. The topological polar surface area (TPSA) is 111 Å². The van der Waals surface area contributed by atoms with Crippen molar-refractivity contribution in [3.8, 4) is 17.1 Å². The van der Waals surface area contributed by atoms with Gasteiger partial charge < -0.3 is 15.0 Å². The lowest BCUT2D eigenvalue weighted by atomic mass is 10.1. The number of carbonyl (C=O) groups is 1. The summed E-state index contributed by atoms with van der Waals surface area (Å²) in [5.74, 6) is 3.12. The van der Waals surface area contributed by atoms with Crippen LogP contribution in [0.2, 0.25) is 0 Å². The van der Waals surface area contributed by atoms with E-state index < -0.39 is 6.09 Å². The number of pyridine rings is 1. The molecule has 0 saturated carbocycles. The molecule has 4 rings (SSSR count). The lowest BCUT2D eigenvalue weighted by Gasteiger charge is -2.39. The molecule has 0 fully saturated rings. The molecular formula is C21H26N8O2. The molecule has 10 nitrogen and oxygen atoms in total. The van der Waals surface area contributed by atoms with Crippen molar-refractivity contribution in [1.29, 1.82) is 0 Å². The average Bonchev–Trinajstić information content (AvgIpc) is 3.17. The number of hydrogen-bond acceptors (Lipinski definition) is 8. The van der Waals surface area contributed by atoms with Crippen molar-refractivity contribution in [2.75, 3.05) is 12.0 Å². The fourth-order valence-electron chi connectivity index (χ4n) is 4.02. The summed E-state index contributed by atoms with van der Waals surface area (Å²) in [4.78, 5) is 27.6. The highest BCUT2D eigenvalue weighted by Gasteiger charge is 2.36. The molecule has 0 spiro atoms. The molecule has 10 heteroatoms. The Hall–Kier alpha value is -3.56. The van der Waals surface area contributed by atoms with E-state index in [1.54, 1.807) is 12.4 Å². The van der Waals surface area contributed by atoms with Crippen LogP contribution in [0.25, 0.3) is 17.1 Å². The molecule has 0 radical (unpaired) electrons. The quantitative estimate of drug-likeness (QED) is 0.668. The summed E-state index contributed by atoms with van der Waals surface area (Å²) in [6.45, 7) is 8.62. The number of methoxy groups -OCH3 is 1. The Kier molecular flexibility index (Phi) is 5.53. The third-order valence-corrected chi connectivity index (χ3v) is 5.42. The van der Waals surface area contributed by atoms with Gasteiger partial charge in [-0.05, 0) is 33.3 Å². The van der Waals surface area contributed by atoms with Gasteiger partial charge in [-0.1, -0.05) is 6.92 Å². The number of aryl methyl sites for hydroxylation is 1. The highest BCUT2D eigenvalue weighted by atomic mass is 16.5. The first-order chi connectivity index (χ1) is 15.0. The third-order valence-electron chi connectivity index (χ3n) is 5.42. The lowest BCUT2D eigenvalue weighted by molar-refractivity contribution is 0.170. The van der Waals surface area contributed by atoms with Crippen LogP contribution in [-0.2, 0) is 11.3 Å². The molecule has 1 N–H and O–H groups in total. The summed E-state index contributed by atoms with van der Waals surface area (Å²) in [7, 11) is 1.33. The van der Waals surface area contributed by atoms with Gasteiger partial charge in [-0.25, -0.2) is 14.8 Å². The van der Waals surface area contributed by atoms with Gasteiger partial charge in [0.1, 0.15) is 11.5 Å². The van der Waals surface area contributed by atoms with Gasteiger partial charge in [0, 0.05) is 36.1 Å². The van der Waals surface area contributed by atoms with Crippen LogP contribution in [0.5, 0.6) is 0 Å². The summed E-state index contributed by atoms with van der Waals surface area (Å²) in [6, 6.07) is 2.12. The maximum Gasteiger partial charge on any atom is 0.407 e. The number of anilines is 1. The molecule has 0 bridgehead atoms. The molecule has 3 aromatic rings. The minimum absolute atomic E-state index is 0.0642. The van der Waals surface area contributed by atoms with Crippen LogP contribution in [0.3, 0.4) is 0 Å². The largest absolute Gasteiger partial charge is 0.453 e. The molecule has 1 amide bonds. The zero-order valence-electron chi connectivity index (χ0n) is 18.3. The second kappa shape index (κ2) is 8.29. The van der Waals surface area contributed by atoms with Crippen molar-refractivity contribution in [2.45, 2.75) is 52.7 Å². The van der Waals surface area contributed by atoms with Gasteiger partial charge in [0.15, 0.2) is 17.5 Å². The molecule has 162 valence electrons. The Morgan fingerprint density at radius 1 is 1.29 bits per heavy atom. The van der Waals surface area contributed by atoms with E-state index in [1.807, 2.05) is 23.8 Å². The number of alkyl carbamates (subject to hydrolysis) is 1. The van der Waals surface area contributed by atoms with Gasteiger partial charge >= 0.3 is 6.09 Å². The number of aromatic nitrogens is 6. The van der Waals surface area contributed by atoms with Gasteiger partial charge in [0.2, 0.25) is 0 Å². The minimum atomic E-state index is -0.506. The predicted octanol–water partition coefficient (Wildman–Crippen LogP) is 2.96. The first kappa shape index (κ1) is 20.7. The first-order valence-corrected chi connectivity index (χ1v) is 10.3. The van der Waals surface area contributed by atoms with Crippen molar-refractivity contribution in [3.05, 3.63) is 41.9 Å². The summed E-state index contributed by atoms with van der Waals surface area (Å²) in [5, 5.41) is 11.4. The highest BCUT2D eigenvalue weighted by molar-refractivity contribution is 5.70. The maximum absolute atomic E-state index is 11.5. The van der Waals surface area contributed by atoms with Crippen molar-refractivity contribution in [2.24, 2.45) is 0 Å². The molecule has 3 aromatic heterocycles. The number of rotatable bonds is 5. The van der Waals surface area contributed by atoms with Crippen molar-refractivity contribution in [1.82, 2.24) is 35.0 Å². The number of amides is 1. The third kappa shape index (κ3) is 3.58. The zero-order valence-corrected chi connectivity index (χ0v) is 18.3. The summed E-state index contributed by atoms with van der Waals surface area (Å²) >= 11 is 0. The van der Waals surface area contributed by atoms with Crippen molar-refractivity contribution >= 4 is 11.9 Å². The standard InChI is InChI=1S/C21H26N8O2/c1-6-16-20-27-26-13(4)29(20)17-11-23-18(25-19(17)28(16)12(2)3)15-7-8-22-9-14(15)10-24-21(30)31-5/h7-9,11-12,16H,6,10H2,1-5H3,(H,24,30). The van der Waals surface area contributed by atoms with Crippen LogP contribution >= 0.6 is 0 Å². The van der Waals surface area contributed by atoms with Crippen molar-refractivity contribution in [3.63, 3.8) is 0 Å². The normalized spacial score (nSPS) is 14.9. The molecule has 1 aliphatic rings. The lowest BCUT2D eigenvalue weighted by Crippen LogP contribution is -2.40. The SMILES string of the molecule is CCC1c2nnc(C)n2-c2cnc(-c3ccncc3CNC(=O)OC)nc2N1C(C)C. The van der Waals surface area contributed by atoms with Gasteiger partial charge in [0.05, 0.1) is 19.3 Å². The number of carbonyl (C=O) groups excluding carboxylic acids is 1. The number of nitrogens with one attached hydrogen (secondary N) is 1. The van der Waals surface area contributed by atoms with E-state index in [2.05, 4.69) is 55.9 Å². The molecular weight excluding hydrogens is 396 g/mol. The number of nitrogens with zero attached hydrogens (tertiary/aromatic N) is 7. The van der Waals surface area contributed by atoms with Crippen LogP contribution in [0.15, 0.2) is 24.7 Å². The Bertz CT molecular complexity index is 1110. The summed E-state index contributed by atoms with van der Waals surface area (Å²) in [6.07, 6.45) is 5.57. The Morgan fingerprint density at radius 2 is 2.10 bits per heavy atom. The molecule has 1 aliphatic heterocycles. The zero-order chi connectivity index (χ0) is 22.1. The Balaban J connectivity index is 1.83. The van der Waals surface area contributed by atoms with Crippen LogP contribution < -0.4 is 10.2 Å². The Labute approximate surface area is 180 Å². The smallest absolute Gasteiger partial charge is 0.407 e. The van der Waals surface area contributed by atoms with Crippen LogP contribution in [-0.4, -0.2) is 49.0 Å². The van der Waals surface area contributed by atoms with Crippen LogP contribution in [0.4, 0.5) is 10.6 Å². The second-order valence-corrected chi connectivity index (χ2v) is 7.65. The monoisotopic (exact) mass is 422 g/mol. The number of ether oxygens (including phenoxy) is 1. The molecule has 1 atom stereocenters. The second-order valence-electron chi connectivity index (χ2n) is 7.65. The minimum Gasteiger partial charge on any atom is -0.453 e. The summed E-state index contributed by atoms with van der Waals surface area (Å²) < 4.78 is 6.71. The van der Waals surface area contributed by atoms with E-state index in [9.17, 15) is 4.79 Å². The van der Waals surface area contributed by atoms with Gasteiger partial charge in [-0.15, -0.1) is 10.2 Å². The van der Waals surface area contributed by atoms with E-state index in [0.29, 0.717) is 5.82 Å². The van der Waals surface area contributed by atoms with Gasteiger partial charge in [-0.2, -0.15) is 0 Å². The Morgan fingerprint density at radius 3 is 2.81 bits per heavy atom. The fraction of sp³-hybridized carbons (Fsp3) is 0.429. The molecule has 0 saturated heterocycles. The molecule has 0 aliphatic carbocycles. The molecule has 4 heterocycles. The van der Waals surface area contributed by atoms with Gasteiger partial charge in [0.25, 0.3) is 0 Å². The fourth-order valence-corrected chi connectivity index (χ4v) is 4.02. The van der Waals surface area contributed by atoms with Crippen LogP contribution in [0, 0.1) is 6.92 Å².